The number of aromatic nitrogens is 2. The molecule has 2 heterocycles. The van der Waals surface area contributed by atoms with Crippen LogP contribution in [0, 0.1) is 5.92 Å². The zero-order chi connectivity index (χ0) is 13.2. The fraction of sp³-hybridized carbons (Fsp3) is 0.636. The van der Waals surface area contributed by atoms with Crippen molar-refractivity contribution < 1.29 is 18.3 Å². The first-order valence-electron chi connectivity index (χ1n) is 5.88. The van der Waals surface area contributed by atoms with Crippen LogP contribution in [0.15, 0.2) is 12.4 Å². The predicted molar refractivity (Wildman–Crippen MR) is 64.9 cm³/mol. The van der Waals surface area contributed by atoms with E-state index in [1.54, 1.807) is 17.0 Å². The summed E-state index contributed by atoms with van der Waals surface area (Å²) in [5, 5.41) is 8.64. The van der Waals surface area contributed by atoms with Gasteiger partial charge in [0.05, 0.1) is 17.9 Å². The molecule has 0 aliphatic carbocycles. The average Bonchev–Trinajstić information content (AvgIpc) is 2.83. The predicted octanol–water partition coefficient (Wildman–Crippen LogP) is 0.335. The smallest absolute Gasteiger partial charge is 0.305 e. The number of rotatable bonds is 5. The van der Waals surface area contributed by atoms with E-state index >= 15 is 0 Å². The highest BCUT2D eigenvalue weighted by Gasteiger charge is 2.28. The van der Waals surface area contributed by atoms with Gasteiger partial charge < -0.3 is 9.67 Å². The summed E-state index contributed by atoms with van der Waals surface area (Å²) < 4.78 is 24.5. The van der Waals surface area contributed by atoms with E-state index in [0.717, 1.165) is 5.82 Å². The van der Waals surface area contributed by atoms with Gasteiger partial charge in [-0.25, -0.2) is 13.4 Å². The third kappa shape index (κ3) is 3.32. The molecule has 0 amide bonds. The number of carboxylic acids is 1. The Labute approximate surface area is 106 Å². The van der Waals surface area contributed by atoms with Crippen LogP contribution in [-0.4, -0.2) is 40.6 Å². The second-order valence-electron chi connectivity index (χ2n) is 4.65. The minimum absolute atomic E-state index is 0.0479. The third-order valence-electron chi connectivity index (χ3n) is 3.17. The molecule has 1 aliphatic rings. The van der Waals surface area contributed by atoms with Crippen molar-refractivity contribution in [3.05, 3.63) is 18.2 Å². The number of aliphatic carboxylic acids is 1. The molecule has 0 saturated carbocycles. The van der Waals surface area contributed by atoms with Crippen LogP contribution in [-0.2, 0) is 27.6 Å². The van der Waals surface area contributed by atoms with Crippen LogP contribution < -0.4 is 0 Å². The number of hydrogen-bond donors (Lipinski definition) is 1. The zero-order valence-corrected chi connectivity index (χ0v) is 10.8. The van der Waals surface area contributed by atoms with Crippen molar-refractivity contribution >= 4 is 15.8 Å². The highest BCUT2D eigenvalue weighted by molar-refractivity contribution is 7.91. The van der Waals surface area contributed by atoms with Crippen LogP contribution in [0.4, 0.5) is 0 Å². The monoisotopic (exact) mass is 272 g/mol. The number of aryl methyl sites for hydroxylation is 1. The maximum atomic E-state index is 11.4. The van der Waals surface area contributed by atoms with Gasteiger partial charge in [0.1, 0.15) is 5.82 Å². The second kappa shape index (κ2) is 5.09. The van der Waals surface area contributed by atoms with Crippen molar-refractivity contribution in [2.24, 2.45) is 5.92 Å². The van der Waals surface area contributed by atoms with E-state index < -0.39 is 15.8 Å². The Morgan fingerprint density at radius 3 is 2.94 bits per heavy atom. The van der Waals surface area contributed by atoms with Crippen LogP contribution >= 0.6 is 0 Å². The van der Waals surface area contributed by atoms with Gasteiger partial charge in [-0.1, -0.05) is 0 Å². The molecule has 1 unspecified atom stereocenters. The van der Waals surface area contributed by atoms with Crippen molar-refractivity contribution in [1.29, 1.82) is 0 Å². The lowest BCUT2D eigenvalue weighted by molar-refractivity contribution is -0.137. The molecule has 18 heavy (non-hydrogen) atoms. The first-order valence-corrected chi connectivity index (χ1v) is 7.70. The maximum Gasteiger partial charge on any atom is 0.305 e. The van der Waals surface area contributed by atoms with Gasteiger partial charge in [0.15, 0.2) is 9.84 Å². The van der Waals surface area contributed by atoms with Gasteiger partial charge in [0.25, 0.3) is 0 Å². The lowest BCUT2D eigenvalue weighted by atomic mass is 10.1. The molecule has 0 aromatic carbocycles. The molecule has 6 nitrogen and oxygen atoms in total. The molecule has 1 atom stereocenters. The lowest BCUT2D eigenvalue weighted by Crippen LogP contribution is -2.13. The Morgan fingerprint density at radius 1 is 1.56 bits per heavy atom. The molecule has 2 rings (SSSR count). The fourth-order valence-electron chi connectivity index (χ4n) is 2.24. The third-order valence-corrected chi connectivity index (χ3v) is 5.00. The normalized spacial score (nSPS) is 22.1. The molecular weight excluding hydrogens is 256 g/mol. The first kappa shape index (κ1) is 13.1. The Bertz CT molecular complexity index is 535. The van der Waals surface area contributed by atoms with E-state index in [9.17, 15) is 13.2 Å². The molecule has 0 radical (unpaired) electrons. The topological polar surface area (TPSA) is 89.3 Å². The quantitative estimate of drug-likeness (QED) is 0.834. The second-order valence-corrected chi connectivity index (χ2v) is 6.88. The number of hydrogen-bond acceptors (Lipinski definition) is 4. The molecule has 7 heteroatoms. The minimum atomic E-state index is -2.87. The van der Waals surface area contributed by atoms with Gasteiger partial charge in [0, 0.05) is 25.4 Å². The van der Waals surface area contributed by atoms with E-state index in [2.05, 4.69) is 4.98 Å². The molecule has 1 aromatic rings. The van der Waals surface area contributed by atoms with Gasteiger partial charge in [-0.05, 0) is 12.3 Å². The van der Waals surface area contributed by atoms with E-state index in [4.69, 9.17) is 5.11 Å². The van der Waals surface area contributed by atoms with Gasteiger partial charge in [-0.15, -0.1) is 0 Å². The van der Waals surface area contributed by atoms with Crippen molar-refractivity contribution in [2.45, 2.75) is 25.8 Å². The van der Waals surface area contributed by atoms with Crippen LogP contribution in [0.5, 0.6) is 0 Å². The molecule has 1 N–H and O–H groups in total. The van der Waals surface area contributed by atoms with Crippen LogP contribution in [0.25, 0.3) is 0 Å². The SMILES string of the molecule is O=C(O)CCn1ccnc1CC1CCS(=O)(=O)C1. The van der Waals surface area contributed by atoms with Crippen LogP contribution in [0.3, 0.4) is 0 Å². The van der Waals surface area contributed by atoms with E-state index in [1.165, 1.54) is 0 Å². The summed E-state index contributed by atoms with van der Waals surface area (Å²) in [5.74, 6) is 0.518. The largest absolute Gasteiger partial charge is 0.481 e. The molecule has 1 saturated heterocycles. The van der Waals surface area contributed by atoms with Gasteiger partial charge in [-0.3, -0.25) is 4.79 Å². The highest BCUT2D eigenvalue weighted by Crippen LogP contribution is 2.22. The summed E-state index contributed by atoms with van der Waals surface area (Å²) in [6, 6.07) is 0. The highest BCUT2D eigenvalue weighted by atomic mass is 32.2. The summed E-state index contributed by atoms with van der Waals surface area (Å²) in [6.45, 7) is 0.379. The van der Waals surface area contributed by atoms with Crippen molar-refractivity contribution in [3.8, 4) is 0 Å². The Morgan fingerprint density at radius 2 is 2.33 bits per heavy atom. The fourth-order valence-corrected chi connectivity index (χ4v) is 4.10. The summed E-state index contributed by atoms with van der Waals surface area (Å²) in [4.78, 5) is 14.7. The van der Waals surface area contributed by atoms with Crippen LogP contribution in [0.1, 0.15) is 18.7 Å². The summed E-state index contributed by atoms with van der Waals surface area (Å²) in [7, 11) is -2.87. The van der Waals surface area contributed by atoms with Gasteiger partial charge in [-0.2, -0.15) is 0 Å². The van der Waals surface area contributed by atoms with Gasteiger partial charge in [0.2, 0.25) is 0 Å². The number of imidazole rings is 1. The molecular formula is C11H16N2O4S. The van der Waals surface area contributed by atoms with E-state index in [-0.39, 0.29) is 23.8 Å². The number of nitrogens with zero attached hydrogens (tertiary/aromatic N) is 2. The van der Waals surface area contributed by atoms with E-state index in [0.29, 0.717) is 19.4 Å². The Hall–Kier alpha value is -1.37. The van der Waals surface area contributed by atoms with Crippen molar-refractivity contribution in [3.63, 3.8) is 0 Å². The Balaban J connectivity index is 1.98. The molecule has 1 aromatic heterocycles. The summed E-state index contributed by atoms with van der Waals surface area (Å²) in [5.41, 5.74) is 0. The van der Waals surface area contributed by atoms with Crippen molar-refractivity contribution in [2.75, 3.05) is 11.5 Å². The van der Waals surface area contributed by atoms with Crippen molar-refractivity contribution in [1.82, 2.24) is 9.55 Å². The number of sulfone groups is 1. The molecule has 1 aliphatic heterocycles. The first-order chi connectivity index (χ1) is 8.46. The summed E-state index contributed by atoms with van der Waals surface area (Å²) in [6.07, 6.45) is 4.69. The van der Waals surface area contributed by atoms with Crippen LogP contribution in [0.2, 0.25) is 0 Å². The van der Waals surface area contributed by atoms with E-state index in [1.807, 2.05) is 0 Å². The minimum Gasteiger partial charge on any atom is -0.481 e. The summed E-state index contributed by atoms with van der Waals surface area (Å²) >= 11 is 0. The molecule has 1 fully saturated rings. The maximum absolute atomic E-state index is 11.4. The molecule has 100 valence electrons. The molecule has 0 spiro atoms. The average molecular weight is 272 g/mol. The molecule has 0 bridgehead atoms. The van der Waals surface area contributed by atoms with Gasteiger partial charge >= 0.3 is 5.97 Å². The zero-order valence-electron chi connectivity index (χ0n) is 9.95. The Kier molecular flexibility index (Phi) is 3.70. The standard InChI is InChI=1S/C11H16N2O4S/c14-11(15)1-4-13-5-3-12-10(13)7-9-2-6-18(16,17)8-9/h3,5,9H,1-2,4,6-8H2,(H,14,15). The lowest BCUT2D eigenvalue weighted by Gasteiger charge is -2.09. The number of carbonyl (C=O) groups is 1. The number of carboxylic acid groups (broad SMARTS) is 1.